The molecule has 0 bridgehead atoms. The van der Waals surface area contributed by atoms with Gasteiger partial charge in [0.2, 0.25) is 5.91 Å². The SMILES string of the molecule is CCC(NC(=O)CCNC(=O)c1n[nH]c2ccccc12)c1cccs1. The second kappa shape index (κ2) is 7.94. The molecule has 3 N–H and O–H groups in total. The first-order valence-corrected chi connectivity index (χ1v) is 9.11. The summed E-state index contributed by atoms with van der Waals surface area (Å²) in [6, 6.07) is 11.5. The summed E-state index contributed by atoms with van der Waals surface area (Å²) in [5, 5.41) is 15.4. The van der Waals surface area contributed by atoms with Crippen LogP contribution >= 0.6 is 11.3 Å². The van der Waals surface area contributed by atoms with Crippen molar-refractivity contribution < 1.29 is 9.59 Å². The van der Waals surface area contributed by atoms with Crippen LogP contribution in [0.15, 0.2) is 41.8 Å². The molecular formula is C18H20N4O2S. The van der Waals surface area contributed by atoms with Gasteiger partial charge in [-0.25, -0.2) is 0 Å². The molecule has 3 rings (SSSR count). The molecule has 7 heteroatoms. The number of hydrogen-bond donors (Lipinski definition) is 3. The van der Waals surface area contributed by atoms with E-state index < -0.39 is 0 Å². The van der Waals surface area contributed by atoms with Crippen LogP contribution in [-0.2, 0) is 4.79 Å². The average molecular weight is 356 g/mol. The van der Waals surface area contributed by atoms with E-state index in [0.29, 0.717) is 5.69 Å². The lowest BCUT2D eigenvalue weighted by Crippen LogP contribution is -2.32. The molecule has 1 aromatic carbocycles. The lowest BCUT2D eigenvalue weighted by molar-refractivity contribution is -0.121. The Hall–Kier alpha value is -2.67. The van der Waals surface area contributed by atoms with Gasteiger partial charge < -0.3 is 10.6 Å². The van der Waals surface area contributed by atoms with Gasteiger partial charge in [0.15, 0.2) is 5.69 Å². The molecular weight excluding hydrogens is 336 g/mol. The van der Waals surface area contributed by atoms with Gasteiger partial charge in [0.1, 0.15) is 0 Å². The molecule has 1 atom stereocenters. The van der Waals surface area contributed by atoms with Crippen LogP contribution in [0.2, 0.25) is 0 Å². The van der Waals surface area contributed by atoms with Gasteiger partial charge >= 0.3 is 0 Å². The zero-order chi connectivity index (χ0) is 17.6. The zero-order valence-corrected chi connectivity index (χ0v) is 14.7. The van der Waals surface area contributed by atoms with Crippen molar-refractivity contribution >= 4 is 34.1 Å². The summed E-state index contributed by atoms with van der Waals surface area (Å²) in [4.78, 5) is 25.5. The number of fused-ring (bicyclic) bond motifs is 1. The number of aromatic nitrogens is 2. The number of nitrogens with one attached hydrogen (secondary N) is 3. The van der Waals surface area contributed by atoms with Crippen molar-refractivity contribution in [3.05, 3.63) is 52.3 Å². The van der Waals surface area contributed by atoms with Crippen LogP contribution in [0.3, 0.4) is 0 Å². The molecule has 0 aliphatic carbocycles. The van der Waals surface area contributed by atoms with Gasteiger partial charge in [0.25, 0.3) is 5.91 Å². The zero-order valence-electron chi connectivity index (χ0n) is 13.9. The Morgan fingerprint density at radius 3 is 2.84 bits per heavy atom. The van der Waals surface area contributed by atoms with Gasteiger partial charge in [-0.2, -0.15) is 5.10 Å². The van der Waals surface area contributed by atoms with Gasteiger partial charge in [-0.1, -0.05) is 31.2 Å². The minimum absolute atomic E-state index is 0.0264. The third kappa shape index (κ3) is 4.06. The molecule has 1 unspecified atom stereocenters. The van der Waals surface area contributed by atoms with Crippen LogP contribution in [0, 0.1) is 0 Å². The molecule has 6 nitrogen and oxygen atoms in total. The summed E-state index contributed by atoms with van der Waals surface area (Å²) in [6.07, 6.45) is 1.06. The molecule has 0 radical (unpaired) electrons. The Balaban J connectivity index is 1.50. The maximum atomic E-state index is 12.2. The van der Waals surface area contributed by atoms with Gasteiger partial charge in [-0.3, -0.25) is 14.7 Å². The third-order valence-electron chi connectivity index (χ3n) is 3.95. The van der Waals surface area contributed by atoms with Gasteiger partial charge in [0, 0.05) is 23.2 Å². The second-order valence-electron chi connectivity index (χ2n) is 5.67. The molecule has 2 heterocycles. The fraction of sp³-hybridized carbons (Fsp3) is 0.278. The van der Waals surface area contributed by atoms with Crippen LogP contribution < -0.4 is 10.6 Å². The molecule has 0 aliphatic heterocycles. The second-order valence-corrected chi connectivity index (χ2v) is 6.65. The van der Waals surface area contributed by atoms with Gasteiger partial charge in [-0.15, -0.1) is 11.3 Å². The minimum atomic E-state index is -0.282. The van der Waals surface area contributed by atoms with E-state index in [9.17, 15) is 9.59 Å². The van der Waals surface area contributed by atoms with Gasteiger partial charge in [-0.05, 0) is 23.9 Å². The highest BCUT2D eigenvalue weighted by Gasteiger charge is 2.15. The number of benzene rings is 1. The van der Waals surface area contributed by atoms with E-state index in [-0.39, 0.29) is 30.8 Å². The quantitative estimate of drug-likeness (QED) is 0.608. The average Bonchev–Trinajstić information content (AvgIpc) is 3.29. The fourth-order valence-electron chi connectivity index (χ4n) is 2.64. The van der Waals surface area contributed by atoms with Crippen LogP contribution in [0.5, 0.6) is 0 Å². The number of amides is 2. The molecule has 3 aromatic rings. The molecule has 0 saturated heterocycles. The number of hydrogen-bond acceptors (Lipinski definition) is 4. The first-order chi connectivity index (χ1) is 12.2. The third-order valence-corrected chi connectivity index (χ3v) is 4.94. The standard InChI is InChI=1S/C18H20N4O2S/c1-2-13(15-8-5-11-25-15)20-16(23)9-10-19-18(24)17-12-6-3-4-7-14(12)21-22-17/h3-8,11,13H,2,9-10H2,1H3,(H,19,24)(H,20,23)(H,21,22). The smallest absolute Gasteiger partial charge is 0.272 e. The number of thiophene rings is 1. The van der Waals surface area contributed by atoms with Crippen molar-refractivity contribution in [1.82, 2.24) is 20.8 Å². The van der Waals surface area contributed by atoms with E-state index in [1.807, 2.05) is 48.7 Å². The van der Waals surface area contributed by atoms with E-state index in [1.165, 1.54) is 0 Å². The van der Waals surface area contributed by atoms with E-state index >= 15 is 0 Å². The Morgan fingerprint density at radius 2 is 2.08 bits per heavy atom. The maximum Gasteiger partial charge on any atom is 0.272 e. The largest absolute Gasteiger partial charge is 0.350 e. The minimum Gasteiger partial charge on any atom is -0.350 e. The highest BCUT2D eigenvalue weighted by molar-refractivity contribution is 7.10. The first kappa shape index (κ1) is 17.2. The number of rotatable bonds is 7. The molecule has 2 amide bonds. The van der Waals surface area contributed by atoms with Crippen molar-refractivity contribution in [2.75, 3.05) is 6.54 Å². The molecule has 25 heavy (non-hydrogen) atoms. The summed E-state index contributed by atoms with van der Waals surface area (Å²) >= 11 is 1.63. The van der Waals surface area contributed by atoms with E-state index in [1.54, 1.807) is 11.3 Å². The summed E-state index contributed by atoms with van der Waals surface area (Å²) in [5.74, 6) is -0.358. The number of aromatic amines is 1. The van der Waals surface area contributed by atoms with Crippen LogP contribution in [0.4, 0.5) is 0 Å². The molecule has 130 valence electrons. The number of nitrogens with zero attached hydrogens (tertiary/aromatic N) is 1. The molecule has 0 aliphatic rings. The van der Waals surface area contributed by atoms with Crippen LogP contribution in [0.1, 0.15) is 41.2 Å². The van der Waals surface area contributed by atoms with Crippen LogP contribution in [-0.4, -0.2) is 28.6 Å². The maximum absolute atomic E-state index is 12.2. The fourth-order valence-corrected chi connectivity index (χ4v) is 3.50. The Labute approximate surface area is 149 Å². The number of H-pyrrole nitrogens is 1. The van der Waals surface area contributed by atoms with E-state index in [0.717, 1.165) is 22.2 Å². The summed E-state index contributed by atoms with van der Waals surface area (Å²) in [7, 11) is 0. The van der Waals surface area contributed by atoms with Crippen molar-refractivity contribution in [2.24, 2.45) is 0 Å². The highest BCUT2D eigenvalue weighted by Crippen LogP contribution is 2.21. The number of carbonyl (C=O) groups excluding carboxylic acids is 2. The molecule has 0 saturated carbocycles. The summed E-state index contributed by atoms with van der Waals surface area (Å²) in [5.41, 5.74) is 1.16. The van der Waals surface area contributed by atoms with Gasteiger partial charge in [0.05, 0.1) is 11.6 Å². The predicted octanol–water partition coefficient (Wildman–Crippen LogP) is 3.01. The van der Waals surface area contributed by atoms with E-state index in [2.05, 4.69) is 20.8 Å². The van der Waals surface area contributed by atoms with Crippen molar-refractivity contribution in [2.45, 2.75) is 25.8 Å². The highest BCUT2D eigenvalue weighted by atomic mass is 32.1. The van der Waals surface area contributed by atoms with E-state index in [4.69, 9.17) is 0 Å². The Kier molecular flexibility index (Phi) is 5.45. The summed E-state index contributed by atoms with van der Waals surface area (Å²) < 4.78 is 0. The van der Waals surface area contributed by atoms with Crippen molar-refractivity contribution in [3.8, 4) is 0 Å². The lowest BCUT2D eigenvalue weighted by atomic mass is 10.2. The van der Waals surface area contributed by atoms with Crippen molar-refractivity contribution in [3.63, 3.8) is 0 Å². The summed E-state index contributed by atoms with van der Waals surface area (Å²) in [6.45, 7) is 2.31. The van der Waals surface area contributed by atoms with Crippen LogP contribution in [0.25, 0.3) is 10.9 Å². The molecule has 0 spiro atoms. The Bertz CT molecular complexity index is 857. The monoisotopic (exact) mass is 356 g/mol. The topological polar surface area (TPSA) is 86.9 Å². The Morgan fingerprint density at radius 1 is 1.24 bits per heavy atom. The normalized spacial score (nSPS) is 12.0. The molecule has 0 fully saturated rings. The number of para-hydroxylation sites is 1. The first-order valence-electron chi connectivity index (χ1n) is 8.23. The van der Waals surface area contributed by atoms with Crippen molar-refractivity contribution in [1.29, 1.82) is 0 Å². The number of carbonyl (C=O) groups is 2. The lowest BCUT2D eigenvalue weighted by Gasteiger charge is -2.15. The molecule has 2 aromatic heterocycles. The predicted molar refractivity (Wildman–Crippen MR) is 98.5 cm³/mol.